The maximum absolute atomic E-state index is 9.71. The third-order valence-electron chi connectivity index (χ3n) is 3.01. The molecule has 0 spiro atoms. The fourth-order valence-electron chi connectivity index (χ4n) is 2.08. The van der Waals surface area contributed by atoms with Crippen LogP contribution in [0.1, 0.15) is 12.6 Å². The van der Waals surface area contributed by atoms with Crippen molar-refractivity contribution in [3.05, 3.63) is 17.8 Å². The van der Waals surface area contributed by atoms with Crippen LogP contribution in [0.25, 0.3) is 11.2 Å². The molecule has 8 heteroatoms. The van der Waals surface area contributed by atoms with E-state index < -0.39 is 18.4 Å². The van der Waals surface area contributed by atoms with Gasteiger partial charge in [-0.15, -0.1) is 0 Å². The van der Waals surface area contributed by atoms with Crippen molar-refractivity contribution in [1.82, 2.24) is 19.5 Å². The van der Waals surface area contributed by atoms with Crippen molar-refractivity contribution in [2.45, 2.75) is 24.9 Å². The molecule has 18 heavy (non-hydrogen) atoms. The molecular formula is C10H11ClN4O3. The molecule has 1 aliphatic rings. The first-order valence-electron chi connectivity index (χ1n) is 5.48. The van der Waals surface area contributed by atoms with Crippen molar-refractivity contribution >= 4 is 22.8 Å². The van der Waals surface area contributed by atoms with Crippen LogP contribution in [0.3, 0.4) is 0 Å². The standard InChI is InChI=1S/C10H11ClN4O3/c11-9-8-10(13-3-12-9)15(4-14-8)7-1-5(17)6(2-16)18-7/h3-7,16-17H,1-2H2/t5?,6-,7-/m1/s1. The SMILES string of the molecule is OC[C@H]1O[C@@H](n2cnc3c(Cl)ncnc32)CC1O. The van der Waals surface area contributed by atoms with E-state index in [0.717, 1.165) is 0 Å². The van der Waals surface area contributed by atoms with Crippen molar-refractivity contribution in [3.8, 4) is 0 Å². The molecular weight excluding hydrogens is 260 g/mol. The number of aromatic nitrogens is 4. The lowest BCUT2D eigenvalue weighted by Gasteiger charge is -2.13. The maximum atomic E-state index is 9.71. The van der Waals surface area contributed by atoms with Crippen LogP contribution in [0.15, 0.2) is 12.7 Å². The van der Waals surface area contributed by atoms with Gasteiger partial charge in [0.1, 0.15) is 24.2 Å². The van der Waals surface area contributed by atoms with Gasteiger partial charge in [-0.2, -0.15) is 0 Å². The Morgan fingerprint density at radius 2 is 2.28 bits per heavy atom. The molecule has 2 aromatic rings. The molecule has 0 radical (unpaired) electrons. The third kappa shape index (κ3) is 1.76. The van der Waals surface area contributed by atoms with E-state index in [4.69, 9.17) is 21.4 Å². The van der Waals surface area contributed by atoms with Gasteiger partial charge < -0.3 is 14.9 Å². The van der Waals surface area contributed by atoms with Crippen molar-refractivity contribution < 1.29 is 14.9 Å². The Balaban J connectivity index is 1.99. The van der Waals surface area contributed by atoms with Gasteiger partial charge in [-0.25, -0.2) is 15.0 Å². The Labute approximate surface area is 107 Å². The first-order chi connectivity index (χ1) is 8.70. The van der Waals surface area contributed by atoms with E-state index in [1.54, 1.807) is 10.9 Å². The number of rotatable bonds is 2. The molecule has 2 aromatic heterocycles. The number of hydrogen-bond acceptors (Lipinski definition) is 6. The predicted molar refractivity (Wildman–Crippen MR) is 62.0 cm³/mol. The molecule has 7 nitrogen and oxygen atoms in total. The summed E-state index contributed by atoms with van der Waals surface area (Å²) in [5, 5.41) is 19.0. The maximum Gasteiger partial charge on any atom is 0.166 e. The minimum atomic E-state index is -0.699. The smallest absolute Gasteiger partial charge is 0.166 e. The van der Waals surface area contributed by atoms with Crippen LogP contribution in [0.4, 0.5) is 0 Å². The van der Waals surface area contributed by atoms with E-state index in [-0.39, 0.29) is 11.8 Å². The zero-order valence-electron chi connectivity index (χ0n) is 9.27. The Morgan fingerprint density at radius 3 is 3.00 bits per heavy atom. The normalized spacial score (nSPS) is 28.1. The van der Waals surface area contributed by atoms with E-state index in [0.29, 0.717) is 17.6 Å². The Morgan fingerprint density at radius 1 is 1.44 bits per heavy atom. The molecule has 1 saturated heterocycles. The predicted octanol–water partition coefficient (Wildman–Crippen LogP) is 0.120. The van der Waals surface area contributed by atoms with Crippen molar-refractivity contribution in [3.63, 3.8) is 0 Å². The summed E-state index contributed by atoms with van der Waals surface area (Å²) in [6.45, 7) is -0.222. The molecule has 2 N–H and O–H groups in total. The van der Waals surface area contributed by atoms with Gasteiger partial charge in [0.25, 0.3) is 0 Å². The van der Waals surface area contributed by atoms with Gasteiger partial charge in [-0.1, -0.05) is 11.6 Å². The van der Waals surface area contributed by atoms with Crippen LogP contribution >= 0.6 is 11.6 Å². The Bertz CT molecular complexity index is 575. The lowest BCUT2D eigenvalue weighted by atomic mass is 10.2. The number of ether oxygens (including phenoxy) is 1. The van der Waals surface area contributed by atoms with Gasteiger partial charge in [0.15, 0.2) is 10.8 Å². The van der Waals surface area contributed by atoms with Gasteiger partial charge >= 0.3 is 0 Å². The topological polar surface area (TPSA) is 93.3 Å². The molecule has 0 aromatic carbocycles. The second-order valence-electron chi connectivity index (χ2n) is 4.10. The van der Waals surface area contributed by atoms with Gasteiger partial charge in [-0.3, -0.25) is 4.57 Å². The molecule has 1 aliphatic heterocycles. The average molecular weight is 271 g/mol. The number of aliphatic hydroxyl groups is 2. The zero-order chi connectivity index (χ0) is 12.7. The summed E-state index contributed by atoms with van der Waals surface area (Å²) in [4.78, 5) is 12.1. The van der Waals surface area contributed by atoms with Gasteiger partial charge in [0.2, 0.25) is 0 Å². The van der Waals surface area contributed by atoms with Crippen LogP contribution in [0.2, 0.25) is 5.15 Å². The summed E-state index contributed by atoms with van der Waals surface area (Å²) in [6.07, 6.45) is 1.57. The minimum absolute atomic E-state index is 0.222. The molecule has 0 saturated carbocycles. The molecule has 3 heterocycles. The van der Waals surface area contributed by atoms with Crippen molar-refractivity contribution in [2.75, 3.05) is 6.61 Å². The second kappa shape index (κ2) is 4.43. The highest BCUT2D eigenvalue weighted by Crippen LogP contribution is 2.31. The van der Waals surface area contributed by atoms with Crippen LogP contribution < -0.4 is 0 Å². The van der Waals surface area contributed by atoms with E-state index in [1.165, 1.54) is 6.33 Å². The van der Waals surface area contributed by atoms with Crippen molar-refractivity contribution in [1.29, 1.82) is 0 Å². The van der Waals surface area contributed by atoms with Crippen LogP contribution in [0, 0.1) is 0 Å². The molecule has 3 atom stereocenters. The van der Waals surface area contributed by atoms with E-state index >= 15 is 0 Å². The molecule has 0 amide bonds. The number of nitrogens with zero attached hydrogens (tertiary/aromatic N) is 4. The lowest BCUT2D eigenvalue weighted by molar-refractivity contribution is -0.0432. The summed E-state index contributed by atoms with van der Waals surface area (Å²) in [7, 11) is 0. The highest BCUT2D eigenvalue weighted by molar-refractivity contribution is 6.33. The highest BCUT2D eigenvalue weighted by atomic mass is 35.5. The number of halogens is 1. The summed E-state index contributed by atoms with van der Waals surface area (Å²) >= 11 is 5.90. The fourth-order valence-corrected chi connectivity index (χ4v) is 2.26. The van der Waals surface area contributed by atoms with Crippen LogP contribution in [0.5, 0.6) is 0 Å². The van der Waals surface area contributed by atoms with Gasteiger partial charge in [0.05, 0.1) is 19.0 Å². The molecule has 3 rings (SSSR count). The highest BCUT2D eigenvalue weighted by Gasteiger charge is 2.35. The van der Waals surface area contributed by atoms with Gasteiger partial charge in [-0.05, 0) is 0 Å². The summed E-state index contributed by atoms with van der Waals surface area (Å²) in [5.41, 5.74) is 1.04. The Kier molecular flexibility index (Phi) is 2.90. The molecule has 1 fully saturated rings. The monoisotopic (exact) mass is 270 g/mol. The van der Waals surface area contributed by atoms with E-state index in [1.807, 2.05) is 0 Å². The van der Waals surface area contributed by atoms with Crippen LogP contribution in [-0.2, 0) is 4.74 Å². The minimum Gasteiger partial charge on any atom is -0.394 e. The molecule has 0 aliphatic carbocycles. The largest absolute Gasteiger partial charge is 0.394 e. The molecule has 0 bridgehead atoms. The van der Waals surface area contributed by atoms with Crippen molar-refractivity contribution in [2.24, 2.45) is 0 Å². The van der Waals surface area contributed by atoms with Crippen LogP contribution in [-0.4, -0.2) is 48.5 Å². The summed E-state index contributed by atoms with van der Waals surface area (Å²) in [6, 6.07) is 0. The van der Waals surface area contributed by atoms with Gasteiger partial charge in [0, 0.05) is 6.42 Å². The first kappa shape index (κ1) is 11.8. The quantitative estimate of drug-likeness (QED) is 0.753. The number of aliphatic hydroxyl groups excluding tert-OH is 2. The van der Waals surface area contributed by atoms with E-state index in [9.17, 15) is 5.11 Å². The first-order valence-corrected chi connectivity index (χ1v) is 5.86. The Hall–Kier alpha value is -1.28. The lowest BCUT2D eigenvalue weighted by Crippen LogP contribution is -2.24. The number of imidazole rings is 1. The number of fused-ring (bicyclic) bond motifs is 1. The summed E-state index contributed by atoms with van der Waals surface area (Å²) in [5.74, 6) is 0. The number of hydrogen-bond donors (Lipinski definition) is 2. The summed E-state index contributed by atoms with van der Waals surface area (Å²) < 4.78 is 7.22. The molecule has 96 valence electrons. The fraction of sp³-hybridized carbons (Fsp3) is 0.500. The average Bonchev–Trinajstić information content (AvgIpc) is 2.93. The van der Waals surface area contributed by atoms with E-state index in [2.05, 4.69) is 15.0 Å². The second-order valence-corrected chi connectivity index (χ2v) is 4.46. The zero-order valence-corrected chi connectivity index (χ0v) is 10.0. The molecule has 1 unspecified atom stereocenters. The third-order valence-corrected chi connectivity index (χ3v) is 3.29.